The molecule has 0 unspecified atom stereocenters. The monoisotopic (exact) mass is 281 g/mol. The van der Waals surface area contributed by atoms with Crippen LogP contribution in [0.5, 0.6) is 0 Å². The predicted molar refractivity (Wildman–Crippen MR) is 70.6 cm³/mol. The van der Waals surface area contributed by atoms with E-state index >= 15 is 0 Å². The SMILES string of the molecule is N#Cc1cccc(CS(=O)(=O)CC2CCCC2)c1F. The van der Waals surface area contributed by atoms with E-state index in [2.05, 4.69) is 0 Å². The molecule has 0 radical (unpaired) electrons. The summed E-state index contributed by atoms with van der Waals surface area (Å²) in [6, 6.07) is 6.02. The van der Waals surface area contributed by atoms with Crippen molar-refractivity contribution in [3.8, 4) is 6.07 Å². The Kier molecular flexibility index (Phi) is 4.20. The number of rotatable bonds is 4. The molecule has 0 aromatic heterocycles. The maximum Gasteiger partial charge on any atom is 0.154 e. The molecule has 0 N–H and O–H groups in total. The zero-order valence-electron chi connectivity index (χ0n) is 10.6. The third-order valence-corrected chi connectivity index (χ3v) is 5.27. The number of sulfone groups is 1. The zero-order chi connectivity index (χ0) is 13.9. The van der Waals surface area contributed by atoms with Crippen molar-refractivity contribution in [2.45, 2.75) is 31.4 Å². The molecule has 0 spiro atoms. The van der Waals surface area contributed by atoms with E-state index in [1.165, 1.54) is 18.2 Å². The number of nitrogens with zero attached hydrogens (tertiary/aromatic N) is 1. The molecule has 2 rings (SSSR count). The fraction of sp³-hybridized carbons (Fsp3) is 0.500. The topological polar surface area (TPSA) is 57.9 Å². The lowest BCUT2D eigenvalue weighted by Gasteiger charge is -2.10. The summed E-state index contributed by atoms with van der Waals surface area (Å²) in [5, 5.41) is 8.73. The molecular weight excluding hydrogens is 265 g/mol. The molecule has 0 heterocycles. The molecule has 1 aromatic rings. The van der Waals surface area contributed by atoms with Crippen LogP contribution in [-0.4, -0.2) is 14.2 Å². The van der Waals surface area contributed by atoms with Crippen molar-refractivity contribution in [2.24, 2.45) is 5.92 Å². The van der Waals surface area contributed by atoms with Gasteiger partial charge >= 0.3 is 0 Å². The Bertz CT molecular complexity index is 598. The minimum atomic E-state index is -3.31. The first-order valence-electron chi connectivity index (χ1n) is 6.40. The van der Waals surface area contributed by atoms with Gasteiger partial charge in [0.1, 0.15) is 11.9 Å². The van der Waals surface area contributed by atoms with E-state index in [-0.39, 0.29) is 28.6 Å². The third kappa shape index (κ3) is 3.54. The summed E-state index contributed by atoms with van der Waals surface area (Å²) in [7, 11) is -3.31. The summed E-state index contributed by atoms with van der Waals surface area (Å²) < 4.78 is 37.9. The van der Waals surface area contributed by atoms with Crippen molar-refractivity contribution < 1.29 is 12.8 Å². The van der Waals surface area contributed by atoms with Gasteiger partial charge in [0, 0.05) is 5.56 Å². The Balaban J connectivity index is 2.14. The van der Waals surface area contributed by atoms with Gasteiger partial charge in [0.25, 0.3) is 0 Å². The van der Waals surface area contributed by atoms with Crippen LogP contribution >= 0.6 is 0 Å². The molecule has 1 aliphatic carbocycles. The molecule has 1 aliphatic rings. The normalized spacial score (nSPS) is 16.4. The molecule has 5 heteroatoms. The molecular formula is C14H16FNO2S. The number of hydrogen-bond donors (Lipinski definition) is 0. The zero-order valence-corrected chi connectivity index (χ0v) is 11.4. The minimum absolute atomic E-state index is 0.0945. The van der Waals surface area contributed by atoms with E-state index < -0.39 is 15.7 Å². The summed E-state index contributed by atoms with van der Waals surface area (Å²) in [4.78, 5) is 0. The number of nitriles is 1. The summed E-state index contributed by atoms with van der Waals surface area (Å²) in [5.41, 5.74) is -0.00869. The van der Waals surface area contributed by atoms with Gasteiger partial charge in [-0.25, -0.2) is 12.8 Å². The van der Waals surface area contributed by atoms with E-state index in [4.69, 9.17) is 5.26 Å². The molecule has 1 aromatic carbocycles. The van der Waals surface area contributed by atoms with Crippen LogP contribution in [0, 0.1) is 23.1 Å². The van der Waals surface area contributed by atoms with Gasteiger partial charge in [-0.05, 0) is 24.8 Å². The first-order chi connectivity index (χ1) is 9.02. The van der Waals surface area contributed by atoms with E-state index in [1.807, 2.05) is 0 Å². The Hall–Kier alpha value is -1.41. The summed E-state index contributed by atoms with van der Waals surface area (Å²) in [5.74, 6) is -0.680. The fourth-order valence-corrected chi connectivity index (χ4v) is 4.48. The largest absolute Gasteiger partial charge is 0.228 e. The third-order valence-electron chi connectivity index (χ3n) is 3.54. The fourth-order valence-electron chi connectivity index (χ4n) is 2.61. The van der Waals surface area contributed by atoms with Crippen LogP contribution in [0.15, 0.2) is 18.2 Å². The quantitative estimate of drug-likeness (QED) is 0.852. The Morgan fingerprint density at radius 1 is 1.32 bits per heavy atom. The van der Waals surface area contributed by atoms with Crippen LogP contribution in [0.2, 0.25) is 0 Å². The lowest BCUT2D eigenvalue weighted by molar-refractivity contribution is 0.555. The Morgan fingerprint density at radius 3 is 2.63 bits per heavy atom. The number of halogens is 1. The molecule has 0 bridgehead atoms. The first-order valence-corrected chi connectivity index (χ1v) is 8.22. The molecule has 0 saturated heterocycles. The predicted octanol–water partition coefficient (Wildman–Crippen LogP) is 2.80. The van der Waals surface area contributed by atoms with Gasteiger partial charge in [-0.3, -0.25) is 0 Å². The van der Waals surface area contributed by atoms with Crippen LogP contribution in [0.1, 0.15) is 36.8 Å². The summed E-state index contributed by atoms with van der Waals surface area (Å²) >= 11 is 0. The average molecular weight is 281 g/mol. The summed E-state index contributed by atoms with van der Waals surface area (Å²) in [6.07, 6.45) is 4.05. The van der Waals surface area contributed by atoms with Crippen LogP contribution in [0.3, 0.4) is 0 Å². The van der Waals surface area contributed by atoms with Crippen molar-refractivity contribution in [2.75, 3.05) is 5.75 Å². The van der Waals surface area contributed by atoms with Crippen molar-refractivity contribution >= 4 is 9.84 Å². The van der Waals surface area contributed by atoms with Gasteiger partial charge in [-0.1, -0.05) is 25.0 Å². The van der Waals surface area contributed by atoms with Crippen molar-refractivity contribution in [3.63, 3.8) is 0 Å². The molecule has 1 fully saturated rings. The average Bonchev–Trinajstić information content (AvgIpc) is 2.83. The van der Waals surface area contributed by atoms with E-state index in [1.54, 1.807) is 6.07 Å². The van der Waals surface area contributed by atoms with E-state index in [0.29, 0.717) is 0 Å². The minimum Gasteiger partial charge on any atom is -0.228 e. The maximum absolute atomic E-state index is 13.8. The highest BCUT2D eigenvalue weighted by Gasteiger charge is 2.24. The van der Waals surface area contributed by atoms with Crippen LogP contribution in [0.25, 0.3) is 0 Å². The van der Waals surface area contributed by atoms with Crippen LogP contribution in [-0.2, 0) is 15.6 Å². The smallest absolute Gasteiger partial charge is 0.154 e. The lowest BCUT2D eigenvalue weighted by Crippen LogP contribution is -2.16. The molecule has 3 nitrogen and oxygen atoms in total. The van der Waals surface area contributed by atoms with E-state index in [9.17, 15) is 12.8 Å². The molecule has 19 heavy (non-hydrogen) atoms. The molecule has 0 amide bonds. The van der Waals surface area contributed by atoms with Crippen LogP contribution < -0.4 is 0 Å². The van der Waals surface area contributed by atoms with Crippen molar-refractivity contribution in [3.05, 3.63) is 35.1 Å². The van der Waals surface area contributed by atoms with Gasteiger partial charge in [0.05, 0.1) is 17.1 Å². The van der Waals surface area contributed by atoms with Crippen LogP contribution in [0.4, 0.5) is 4.39 Å². The standard InChI is InChI=1S/C14H16FNO2S/c15-14-12(8-16)6-3-7-13(14)10-19(17,18)9-11-4-1-2-5-11/h3,6-7,11H,1-2,4-5,9-10H2. The van der Waals surface area contributed by atoms with Gasteiger partial charge < -0.3 is 0 Å². The first kappa shape index (κ1) is 14.0. The highest BCUT2D eigenvalue weighted by molar-refractivity contribution is 7.90. The second-order valence-electron chi connectivity index (χ2n) is 5.10. The Labute approximate surface area is 113 Å². The van der Waals surface area contributed by atoms with Crippen molar-refractivity contribution in [1.82, 2.24) is 0 Å². The summed E-state index contributed by atoms with van der Waals surface area (Å²) in [6.45, 7) is 0. The van der Waals surface area contributed by atoms with Gasteiger partial charge in [0.2, 0.25) is 0 Å². The van der Waals surface area contributed by atoms with Gasteiger partial charge in [0.15, 0.2) is 9.84 Å². The van der Waals surface area contributed by atoms with Crippen molar-refractivity contribution in [1.29, 1.82) is 5.26 Å². The Morgan fingerprint density at radius 2 is 2.00 bits per heavy atom. The molecule has 0 aliphatic heterocycles. The molecule has 0 atom stereocenters. The van der Waals surface area contributed by atoms with E-state index in [0.717, 1.165) is 25.7 Å². The number of hydrogen-bond acceptors (Lipinski definition) is 3. The van der Waals surface area contributed by atoms with Gasteiger partial charge in [-0.15, -0.1) is 0 Å². The molecule has 1 saturated carbocycles. The van der Waals surface area contributed by atoms with Gasteiger partial charge in [-0.2, -0.15) is 5.26 Å². The highest BCUT2D eigenvalue weighted by atomic mass is 32.2. The molecule has 102 valence electrons. The second-order valence-corrected chi connectivity index (χ2v) is 7.20. The maximum atomic E-state index is 13.8. The highest BCUT2D eigenvalue weighted by Crippen LogP contribution is 2.27. The second kappa shape index (κ2) is 5.70. The number of benzene rings is 1. The lowest BCUT2D eigenvalue weighted by atomic mass is 10.1.